The zero-order chi connectivity index (χ0) is 28.3. The first-order valence-corrected chi connectivity index (χ1v) is 13.2. The summed E-state index contributed by atoms with van der Waals surface area (Å²) >= 11 is 0. The van der Waals surface area contributed by atoms with Crippen LogP contribution in [0.3, 0.4) is 0 Å². The minimum Gasteiger partial charge on any atom is -0.343 e. The molecule has 1 saturated heterocycles. The molecule has 2 heterocycles. The van der Waals surface area contributed by atoms with Crippen molar-refractivity contribution >= 4 is 11.8 Å². The molecule has 8 nitrogen and oxygen atoms in total. The van der Waals surface area contributed by atoms with E-state index in [0.717, 1.165) is 40.8 Å². The summed E-state index contributed by atoms with van der Waals surface area (Å²) in [7, 11) is 0. The third-order valence-corrected chi connectivity index (χ3v) is 7.62. The number of nitriles is 1. The van der Waals surface area contributed by atoms with E-state index in [4.69, 9.17) is 0 Å². The summed E-state index contributed by atoms with van der Waals surface area (Å²) in [5.41, 5.74) is 4.77. The van der Waals surface area contributed by atoms with Crippen molar-refractivity contribution in [2.75, 3.05) is 6.54 Å². The highest BCUT2D eigenvalue weighted by Gasteiger charge is 2.45. The van der Waals surface area contributed by atoms with E-state index in [-0.39, 0.29) is 36.0 Å². The smallest absolute Gasteiger partial charge is 0.267 e. The third-order valence-electron chi connectivity index (χ3n) is 7.62. The Hall–Kier alpha value is -4.25. The lowest BCUT2D eigenvalue weighted by Gasteiger charge is -2.36. The third kappa shape index (κ3) is 6.09. The largest absolute Gasteiger partial charge is 0.343 e. The first-order valence-electron chi connectivity index (χ1n) is 13.2. The van der Waals surface area contributed by atoms with Gasteiger partial charge in [-0.05, 0) is 82.3 Å². The highest BCUT2D eigenvalue weighted by Crippen LogP contribution is 2.43. The molecule has 2 aromatic carbocycles. The zero-order valence-corrected chi connectivity index (χ0v) is 23.2. The lowest BCUT2D eigenvalue weighted by Crippen LogP contribution is -2.48. The summed E-state index contributed by atoms with van der Waals surface area (Å²) in [6, 6.07) is 17.1. The minimum atomic E-state index is -0.722. The Labute approximate surface area is 229 Å². The number of nitrogens with zero attached hydrogens (tertiary/aromatic N) is 3. The van der Waals surface area contributed by atoms with E-state index in [2.05, 4.69) is 27.6 Å². The van der Waals surface area contributed by atoms with Crippen molar-refractivity contribution in [3.63, 3.8) is 0 Å². The van der Waals surface area contributed by atoms with E-state index in [1.54, 1.807) is 23.1 Å². The minimum absolute atomic E-state index is 0.145. The number of hydrogen-bond donors (Lipinski definition) is 2. The molecule has 4 rings (SSSR count). The SMILES string of the molecule is Cc1cccc([C@H]2CC[C@@H](C(C)(C)C#N)N2C(=O)CNC(=O)c2ccc(Cc3cc(C)n[nH]c3=O)c(C)c2)c1. The van der Waals surface area contributed by atoms with Crippen LogP contribution in [0.5, 0.6) is 0 Å². The van der Waals surface area contributed by atoms with E-state index >= 15 is 0 Å². The number of benzene rings is 2. The molecule has 0 aliphatic carbocycles. The van der Waals surface area contributed by atoms with Crippen LogP contribution in [0.25, 0.3) is 0 Å². The van der Waals surface area contributed by atoms with Gasteiger partial charge in [-0.15, -0.1) is 0 Å². The molecule has 8 heteroatoms. The molecule has 3 aromatic rings. The van der Waals surface area contributed by atoms with Gasteiger partial charge in [-0.3, -0.25) is 14.4 Å². The maximum Gasteiger partial charge on any atom is 0.267 e. The molecule has 1 fully saturated rings. The molecule has 2 atom stereocenters. The number of aromatic amines is 1. The van der Waals surface area contributed by atoms with Crippen molar-refractivity contribution in [3.05, 3.63) is 98.0 Å². The van der Waals surface area contributed by atoms with Gasteiger partial charge in [0.2, 0.25) is 5.91 Å². The Morgan fingerprint density at radius 3 is 2.56 bits per heavy atom. The summed E-state index contributed by atoms with van der Waals surface area (Å²) < 4.78 is 0. The van der Waals surface area contributed by atoms with Crippen LogP contribution in [0.4, 0.5) is 0 Å². The molecule has 0 bridgehead atoms. The van der Waals surface area contributed by atoms with Gasteiger partial charge in [0, 0.05) is 17.5 Å². The quantitative estimate of drug-likeness (QED) is 0.477. The number of likely N-dealkylation sites (tertiary alicyclic amines) is 1. The van der Waals surface area contributed by atoms with Crippen molar-refractivity contribution in [2.45, 2.75) is 66.0 Å². The zero-order valence-electron chi connectivity index (χ0n) is 23.2. The number of carbonyl (C=O) groups excluding carboxylic acids is 2. The van der Waals surface area contributed by atoms with E-state index in [0.29, 0.717) is 17.5 Å². The maximum absolute atomic E-state index is 13.6. The molecule has 0 unspecified atom stereocenters. The number of aromatic nitrogens is 2. The van der Waals surface area contributed by atoms with E-state index < -0.39 is 5.41 Å². The lowest BCUT2D eigenvalue weighted by atomic mass is 9.84. The van der Waals surface area contributed by atoms with Crippen LogP contribution in [0.2, 0.25) is 0 Å². The molecule has 202 valence electrons. The Morgan fingerprint density at radius 2 is 1.87 bits per heavy atom. The van der Waals surface area contributed by atoms with Gasteiger partial charge in [0.25, 0.3) is 11.5 Å². The second-order valence-electron chi connectivity index (χ2n) is 11.0. The van der Waals surface area contributed by atoms with Crippen molar-refractivity contribution in [3.8, 4) is 6.07 Å². The summed E-state index contributed by atoms with van der Waals surface area (Å²) in [6.45, 7) is 9.29. The number of nitrogens with one attached hydrogen (secondary N) is 2. The van der Waals surface area contributed by atoms with Crippen LogP contribution < -0.4 is 10.9 Å². The normalized spacial score (nSPS) is 17.1. The maximum atomic E-state index is 13.6. The van der Waals surface area contributed by atoms with Gasteiger partial charge in [0.05, 0.1) is 35.8 Å². The Kier molecular flexibility index (Phi) is 8.01. The number of amides is 2. The van der Waals surface area contributed by atoms with Crippen molar-refractivity contribution < 1.29 is 9.59 Å². The van der Waals surface area contributed by atoms with Gasteiger partial charge >= 0.3 is 0 Å². The second-order valence-corrected chi connectivity index (χ2v) is 11.0. The van der Waals surface area contributed by atoms with Gasteiger partial charge in [-0.1, -0.05) is 35.9 Å². The van der Waals surface area contributed by atoms with Crippen molar-refractivity contribution in [2.24, 2.45) is 5.41 Å². The molecule has 0 radical (unpaired) electrons. The fourth-order valence-corrected chi connectivity index (χ4v) is 5.43. The highest BCUT2D eigenvalue weighted by molar-refractivity contribution is 5.96. The molecule has 0 saturated carbocycles. The predicted molar refractivity (Wildman–Crippen MR) is 149 cm³/mol. The molecule has 2 amide bonds. The number of carbonyl (C=O) groups is 2. The monoisotopic (exact) mass is 525 g/mol. The predicted octanol–water partition coefficient (Wildman–Crippen LogP) is 4.30. The van der Waals surface area contributed by atoms with Gasteiger partial charge in [-0.2, -0.15) is 10.4 Å². The first kappa shape index (κ1) is 27.8. The molecule has 39 heavy (non-hydrogen) atoms. The standard InChI is InChI=1S/C31H35N5O3/c1-19-7-6-8-23(13-19)26-11-12-27(31(4,5)18-32)36(26)28(37)17-33-29(38)24-10-9-22(20(2)14-24)16-25-15-21(3)34-35-30(25)39/h6-10,13-15,26-27H,11-12,16-17H2,1-5H3,(H,33,38)(H,35,39)/t26-,27+/m1/s1. The van der Waals surface area contributed by atoms with Crippen molar-refractivity contribution in [1.29, 1.82) is 5.26 Å². The number of H-pyrrole nitrogens is 1. The average molecular weight is 526 g/mol. The van der Waals surface area contributed by atoms with E-state index in [1.807, 2.05) is 58.9 Å². The lowest BCUT2D eigenvalue weighted by molar-refractivity contribution is -0.134. The van der Waals surface area contributed by atoms with Crippen LogP contribution in [0.1, 0.15) is 76.6 Å². The van der Waals surface area contributed by atoms with Gasteiger partial charge in [0.1, 0.15) is 0 Å². The van der Waals surface area contributed by atoms with E-state index in [1.165, 1.54) is 0 Å². The molecule has 1 aliphatic heterocycles. The summed E-state index contributed by atoms with van der Waals surface area (Å²) in [5.74, 6) is -0.556. The average Bonchev–Trinajstić information content (AvgIpc) is 3.37. The fourth-order valence-electron chi connectivity index (χ4n) is 5.43. The summed E-state index contributed by atoms with van der Waals surface area (Å²) in [5, 5.41) is 19.0. The second kappa shape index (κ2) is 11.2. The Morgan fingerprint density at radius 1 is 1.10 bits per heavy atom. The topological polar surface area (TPSA) is 119 Å². The molecule has 0 spiro atoms. The van der Waals surface area contributed by atoms with Gasteiger partial charge in [0.15, 0.2) is 0 Å². The molecule has 1 aromatic heterocycles. The first-order chi connectivity index (χ1) is 18.5. The van der Waals surface area contributed by atoms with Crippen molar-refractivity contribution in [1.82, 2.24) is 20.4 Å². The summed E-state index contributed by atoms with van der Waals surface area (Å²) in [4.78, 5) is 40.5. The van der Waals surface area contributed by atoms with Gasteiger partial charge in [-0.25, -0.2) is 5.10 Å². The summed E-state index contributed by atoms with van der Waals surface area (Å²) in [6.07, 6.45) is 1.91. The molecular weight excluding hydrogens is 490 g/mol. The van der Waals surface area contributed by atoms with Gasteiger partial charge < -0.3 is 10.2 Å². The van der Waals surface area contributed by atoms with Crippen LogP contribution in [-0.4, -0.2) is 39.5 Å². The molecule has 1 aliphatic rings. The van der Waals surface area contributed by atoms with Crippen LogP contribution in [-0.2, 0) is 11.2 Å². The number of rotatable bonds is 7. The number of hydrogen-bond acceptors (Lipinski definition) is 5. The van der Waals surface area contributed by atoms with Crippen LogP contribution in [0.15, 0.2) is 53.3 Å². The molecular formula is C31H35N5O3. The Bertz CT molecular complexity index is 1500. The fraction of sp³-hybridized carbons (Fsp3) is 0.387. The van der Waals surface area contributed by atoms with E-state index in [9.17, 15) is 19.6 Å². The highest BCUT2D eigenvalue weighted by atomic mass is 16.2. The number of aryl methyl sites for hydroxylation is 3. The van der Waals surface area contributed by atoms with Crippen LogP contribution in [0, 0.1) is 37.5 Å². The van der Waals surface area contributed by atoms with Crippen LogP contribution >= 0.6 is 0 Å². The Balaban J connectivity index is 1.49. The molecule has 2 N–H and O–H groups in total.